The van der Waals surface area contributed by atoms with Crippen LogP contribution in [0.5, 0.6) is 0 Å². The summed E-state index contributed by atoms with van der Waals surface area (Å²) in [6.07, 6.45) is -2.46. The molecule has 1 aliphatic rings. The lowest BCUT2D eigenvalue weighted by atomic mass is 9.96. The van der Waals surface area contributed by atoms with Gasteiger partial charge in [0.1, 0.15) is 35.7 Å². The molecule has 2 aromatic carbocycles. The van der Waals surface area contributed by atoms with Crippen molar-refractivity contribution >= 4 is 45.6 Å². The Morgan fingerprint density at radius 3 is 2.19 bits per heavy atom. The third-order valence-corrected chi connectivity index (χ3v) is 7.66. The number of aromatic nitrogens is 3. The zero-order valence-electron chi connectivity index (χ0n) is 22.1. The summed E-state index contributed by atoms with van der Waals surface area (Å²) < 4.78 is 79.1. The number of ether oxygens (including phenoxy) is 4. The van der Waals surface area contributed by atoms with Gasteiger partial charge in [0.25, 0.3) is 0 Å². The van der Waals surface area contributed by atoms with Gasteiger partial charge >= 0.3 is 17.9 Å². The molecule has 1 aliphatic heterocycles. The Kier molecular flexibility index (Phi) is 9.89. The fourth-order valence-electron chi connectivity index (χ4n) is 4.22. The summed E-state index contributed by atoms with van der Waals surface area (Å²) in [6.45, 7) is 3.02. The van der Waals surface area contributed by atoms with Crippen LogP contribution in [-0.2, 0) is 33.3 Å². The number of thioether (sulfide) groups is 1. The molecule has 1 fully saturated rings. The first-order valence-corrected chi connectivity index (χ1v) is 13.8. The van der Waals surface area contributed by atoms with Crippen LogP contribution in [0.1, 0.15) is 26.8 Å². The van der Waals surface area contributed by atoms with E-state index in [-0.39, 0.29) is 15.7 Å². The summed E-state index contributed by atoms with van der Waals surface area (Å²) in [6, 6.07) is 4.38. The summed E-state index contributed by atoms with van der Waals surface area (Å²) in [7, 11) is 0. The standard InChI is InChI=1S/C26H22BrF4N3O7S/c1-11(35)38-10-21-24(39-12(2)36)23(34-9-20(32-33-34)14-6-18(29)22(31)19(30)7-14)25(40-13(3)37)26(41-21)42-15-4-5-17(28)16(27)8-15/h4-9,21,23-26H,10H2,1-3H3/t21-,23+,24+,25-,26-/m1/s1. The maximum absolute atomic E-state index is 13.9. The highest BCUT2D eigenvalue weighted by atomic mass is 79.9. The summed E-state index contributed by atoms with van der Waals surface area (Å²) in [5.41, 5.74) is -1.32. The Labute approximate surface area is 248 Å². The first-order valence-electron chi connectivity index (χ1n) is 12.2. The number of hydrogen-bond donors (Lipinski definition) is 0. The highest BCUT2D eigenvalue weighted by molar-refractivity contribution is 9.10. The third kappa shape index (κ3) is 7.28. The second-order valence-corrected chi connectivity index (χ2v) is 11.0. The van der Waals surface area contributed by atoms with Gasteiger partial charge in [0.2, 0.25) is 0 Å². The van der Waals surface area contributed by atoms with Crippen LogP contribution in [0.3, 0.4) is 0 Å². The Morgan fingerprint density at radius 2 is 1.60 bits per heavy atom. The molecular weight excluding hydrogens is 654 g/mol. The minimum Gasteiger partial charge on any atom is -0.463 e. The van der Waals surface area contributed by atoms with Gasteiger partial charge < -0.3 is 18.9 Å². The van der Waals surface area contributed by atoms with Crippen molar-refractivity contribution in [3.63, 3.8) is 0 Å². The quantitative estimate of drug-likeness (QED) is 0.143. The van der Waals surface area contributed by atoms with Gasteiger partial charge in [0, 0.05) is 31.2 Å². The topological polar surface area (TPSA) is 119 Å². The van der Waals surface area contributed by atoms with Crippen molar-refractivity contribution in [1.82, 2.24) is 15.0 Å². The van der Waals surface area contributed by atoms with Crippen molar-refractivity contribution in [2.24, 2.45) is 0 Å². The first-order chi connectivity index (χ1) is 19.8. The molecule has 10 nitrogen and oxygen atoms in total. The SMILES string of the molecule is CC(=O)OC[C@H]1O[C@H](Sc2ccc(F)c(Br)c2)[C@H](OC(C)=O)[C@@H](n2cc(-c3cc(F)c(F)c(F)c3)nn2)[C@H]1OC(C)=O. The highest BCUT2D eigenvalue weighted by Crippen LogP contribution is 2.42. The number of benzene rings is 2. The molecule has 42 heavy (non-hydrogen) atoms. The Hall–Kier alpha value is -3.50. The van der Waals surface area contributed by atoms with E-state index in [2.05, 4.69) is 26.2 Å². The van der Waals surface area contributed by atoms with Gasteiger partial charge in [-0.15, -0.1) is 5.10 Å². The van der Waals surface area contributed by atoms with Crippen LogP contribution in [0.4, 0.5) is 17.6 Å². The van der Waals surface area contributed by atoms with Gasteiger partial charge in [-0.1, -0.05) is 17.0 Å². The van der Waals surface area contributed by atoms with Crippen molar-refractivity contribution in [3.05, 3.63) is 64.3 Å². The highest BCUT2D eigenvalue weighted by Gasteiger charge is 2.52. The average molecular weight is 676 g/mol. The summed E-state index contributed by atoms with van der Waals surface area (Å²) in [5, 5.41) is 7.95. The molecule has 4 rings (SSSR count). The summed E-state index contributed by atoms with van der Waals surface area (Å²) in [5.74, 6) is -7.27. The van der Waals surface area contributed by atoms with Crippen molar-refractivity contribution in [2.75, 3.05) is 6.61 Å². The number of nitrogens with zero attached hydrogens (tertiary/aromatic N) is 3. The van der Waals surface area contributed by atoms with Crippen LogP contribution >= 0.6 is 27.7 Å². The molecule has 0 unspecified atom stereocenters. The molecule has 3 aromatic rings. The van der Waals surface area contributed by atoms with Gasteiger partial charge in [-0.25, -0.2) is 22.2 Å². The number of halogens is 5. The zero-order chi connectivity index (χ0) is 30.7. The fraction of sp³-hybridized carbons (Fsp3) is 0.346. The molecular formula is C26H22BrF4N3O7S. The predicted molar refractivity (Wildman–Crippen MR) is 141 cm³/mol. The number of hydrogen-bond acceptors (Lipinski definition) is 10. The van der Waals surface area contributed by atoms with E-state index in [1.165, 1.54) is 24.4 Å². The second kappa shape index (κ2) is 13.2. The Bertz CT molecular complexity index is 1490. The molecule has 2 heterocycles. The molecule has 1 aromatic heterocycles. The molecule has 0 aliphatic carbocycles. The molecule has 5 atom stereocenters. The molecule has 0 bridgehead atoms. The molecule has 0 radical (unpaired) electrons. The van der Waals surface area contributed by atoms with Crippen LogP contribution < -0.4 is 0 Å². The van der Waals surface area contributed by atoms with E-state index >= 15 is 0 Å². The van der Waals surface area contributed by atoms with Crippen molar-refractivity contribution in [1.29, 1.82) is 0 Å². The molecule has 16 heteroatoms. The minimum atomic E-state index is -1.67. The number of carbonyl (C=O) groups excluding carboxylic acids is 3. The Balaban J connectivity index is 1.82. The van der Waals surface area contributed by atoms with E-state index in [9.17, 15) is 31.9 Å². The van der Waals surface area contributed by atoms with Crippen LogP contribution in [0, 0.1) is 23.3 Å². The van der Waals surface area contributed by atoms with Gasteiger partial charge in [0.15, 0.2) is 29.7 Å². The van der Waals surface area contributed by atoms with Crippen molar-refractivity contribution in [3.8, 4) is 11.3 Å². The molecule has 1 saturated heterocycles. The van der Waals surface area contributed by atoms with E-state index in [4.69, 9.17) is 18.9 Å². The molecule has 0 N–H and O–H groups in total. The van der Waals surface area contributed by atoms with Crippen molar-refractivity contribution < 1.29 is 50.9 Å². The summed E-state index contributed by atoms with van der Waals surface area (Å²) >= 11 is 4.14. The first kappa shape index (κ1) is 31.4. The smallest absolute Gasteiger partial charge is 0.303 e. The van der Waals surface area contributed by atoms with Crippen molar-refractivity contribution in [2.45, 2.75) is 55.5 Å². The fourth-order valence-corrected chi connectivity index (χ4v) is 5.90. The number of carbonyl (C=O) groups is 3. The number of esters is 3. The molecule has 0 saturated carbocycles. The molecule has 224 valence electrons. The van der Waals surface area contributed by atoms with E-state index in [1.807, 2.05) is 0 Å². The molecule has 0 spiro atoms. The maximum Gasteiger partial charge on any atom is 0.303 e. The second-order valence-electron chi connectivity index (χ2n) is 9.02. The summed E-state index contributed by atoms with van der Waals surface area (Å²) in [4.78, 5) is 36.6. The van der Waals surface area contributed by atoms with E-state index in [0.29, 0.717) is 4.90 Å². The van der Waals surface area contributed by atoms with E-state index in [1.54, 1.807) is 0 Å². The average Bonchev–Trinajstić information content (AvgIpc) is 3.39. The maximum atomic E-state index is 13.9. The Morgan fingerprint density at radius 1 is 0.952 bits per heavy atom. The zero-order valence-corrected chi connectivity index (χ0v) is 24.5. The van der Waals surface area contributed by atoms with Crippen LogP contribution in [0.2, 0.25) is 0 Å². The van der Waals surface area contributed by atoms with Crippen LogP contribution in [0.25, 0.3) is 11.3 Å². The van der Waals surface area contributed by atoms with Crippen LogP contribution in [-0.4, -0.2) is 63.3 Å². The largest absolute Gasteiger partial charge is 0.463 e. The minimum absolute atomic E-state index is 0.0920. The lowest BCUT2D eigenvalue weighted by Crippen LogP contribution is -2.57. The van der Waals surface area contributed by atoms with E-state index < -0.39 is 77.6 Å². The van der Waals surface area contributed by atoms with Gasteiger partial charge in [-0.3, -0.25) is 14.4 Å². The van der Waals surface area contributed by atoms with Gasteiger partial charge in [0.05, 0.1) is 10.7 Å². The van der Waals surface area contributed by atoms with E-state index in [0.717, 1.165) is 49.3 Å². The predicted octanol–water partition coefficient (Wildman–Crippen LogP) is 4.75. The lowest BCUT2D eigenvalue weighted by Gasteiger charge is -2.44. The third-order valence-electron chi connectivity index (χ3n) is 5.91. The normalized spacial score (nSPS) is 22.0. The number of rotatable bonds is 8. The monoisotopic (exact) mass is 675 g/mol. The van der Waals surface area contributed by atoms with Gasteiger partial charge in [-0.05, 0) is 46.3 Å². The van der Waals surface area contributed by atoms with Gasteiger partial charge in [-0.2, -0.15) is 0 Å². The molecule has 0 amide bonds. The van der Waals surface area contributed by atoms with Crippen LogP contribution in [0.15, 0.2) is 45.9 Å². The lowest BCUT2D eigenvalue weighted by molar-refractivity contribution is -0.212.